The number of anilines is 1. The highest BCUT2D eigenvalue weighted by molar-refractivity contribution is 5.76. The molecule has 3 unspecified atom stereocenters. The number of nitrogens with zero attached hydrogens (tertiary/aromatic N) is 2. The zero-order chi connectivity index (χ0) is 25.1. The monoisotopic (exact) mass is 497 g/mol. The minimum atomic E-state index is -0.949. The Kier molecular flexibility index (Phi) is 7.84. The summed E-state index contributed by atoms with van der Waals surface area (Å²) in [6.07, 6.45) is 6.45. The van der Waals surface area contributed by atoms with Crippen LogP contribution in [0.5, 0.6) is 0 Å². The van der Waals surface area contributed by atoms with Crippen LogP contribution in [0.1, 0.15) is 66.6 Å². The van der Waals surface area contributed by atoms with E-state index in [1.54, 1.807) is 0 Å². The van der Waals surface area contributed by atoms with Gasteiger partial charge in [0.2, 0.25) is 0 Å². The Labute approximate surface area is 212 Å². The molecule has 0 spiro atoms. The molecule has 194 valence electrons. The quantitative estimate of drug-likeness (QED) is 0.501. The van der Waals surface area contributed by atoms with Crippen LogP contribution in [0.3, 0.4) is 0 Å². The molecule has 3 aliphatic heterocycles. The predicted molar refractivity (Wildman–Crippen MR) is 135 cm³/mol. The lowest BCUT2D eigenvalue weighted by Crippen LogP contribution is -2.35. The van der Waals surface area contributed by atoms with Crippen LogP contribution >= 0.6 is 0 Å². The van der Waals surface area contributed by atoms with Gasteiger partial charge in [-0.15, -0.1) is 0 Å². The highest BCUT2D eigenvalue weighted by Crippen LogP contribution is 2.34. The van der Waals surface area contributed by atoms with Gasteiger partial charge in [-0.25, -0.2) is 9.37 Å². The number of carboxylic acid groups (broad SMARTS) is 1. The van der Waals surface area contributed by atoms with Gasteiger partial charge in [-0.3, -0.25) is 9.69 Å². The number of likely N-dealkylation sites (tertiary alicyclic amines) is 1. The van der Waals surface area contributed by atoms with Gasteiger partial charge in [0.25, 0.3) is 0 Å². The molecule has 0 amide bonds. The number of ether oxygens (including phenoxy) is 2. The number of nitrogens with one attached hydrogen (secondary N) is 1. The first-order valence-corrected chi connectivity index (χ1v) is 13.2. The summed E-state index contributed by atoms with van der Waals surface area (Å²) in [5.41, 5.74) is 4.64. The third kappa shape index (κ3) is 5.71. The minimum Gasteiger partial charge on any atom is -0.480 e. The predicted octanol–water partition coefficient (Wildman–Crippen LogP) is 4.28. The molecule has 4 heterocycles. The maximum Gasteiger partial charge on any atom is 0.325 e. The molecule has 3 aliphatic rings. The van der Waals surface area contributed by atoms with Gasteiger partial charge in [0.05, 0.1) is 18.8 Å². The van der Waals surface area contributed by atoms with Crippen molar-refractivity contribution in [3.05, 3.63) is 58.0 Å². The molecule has 1 saturated heterocycles. The smallest absolute Gasteiger partial charge is 0.325 e. The molecule has 0 aliphatic carbocycles. The summed E-state index contributed by atoms with van der Waals surface area (Å²) in [4.78, 5) is 19.0. The molecule has 8 heteroatoms. The van der Waals surface area contributed by atoms with Crippen LogP contribution < -0.4 is 5.32 Å². The standard InChI is InChI=1S/C28H36FN3O4/c1-18-13-24-20(17-36-18)14-21(29)15-25(24)26(28(33)34)32-11-9-23(16-32)35-12-3-2-6-22-8-7-19-5-4-10-30-27(19)31-22/h7-8,14-15,18,23,26H,2-6,9-13,16-17H2,1H3,(H,30,31)(H,33,34). The summed E-state index contributed by atoms with van der Waals surface area (Å²) < 4.78 is 26.2. The average Bonchev–Trinajstić information content (AvgIpc) is 3.32. The third-order valence-electron chi connectivity index (χ3n) is 7.56. The van der Waals surface area contributed by atoms with Gasteiger partial charge >= 0.3 is 5.97 Å². The summed E-state index contributed by atoms with van der Waals surface area (Å²) in [7, 11) is 0. The van der Waals surface area contributed by atoms with Gasteiger partial charge < -0.3 is 19.9 Å². The highest BCUT2D eigenvalue weighted by Gasteiger charge is 2.36. The molecule has 2 N–H and O–H groups in total. The van der Waals surface area contributed by atoms with Gasteiger partial charge in [0, 0.05) is 31.9 Å². The number of carboxylic acids is 1. The van der Waals surface area contributed by atoms with Crippen molar-refractivity contribution in [1.29, 1.82) is 0 Å². The molecule has 5 rings (SSSR count). The fourth-order valence-corrected chi connectivity index (χ4v) is 5.69. The van der Waals surface area contributed by atoms with Crippen LogP contribution in [0.4, 0.5) is 10.2 Å². The summed E-state index contributed by atoms with van der Waals surface area (Å²) in [6.45, 7) is 5.07. The van der Waals surface area contributed by atoms with E-state index >= 15 is 0 Å². The van der Waals surface area contributed by atoms with Gasteiger partial charge in [-0.2, -0.15) is 0 Å². The second kappa shape index (κ2) is 11.2. The molecule has 2 aromatic rings. The molecule has 36 heavy (non-hydrogen) atoms. The van der Waals surface area contributed by atoms with Crippen LogP contribution in [0.25, 0.3) is 0 Å². The minimum absolute atomic E-state index is 0.00966. The fraction of sp³-hybridized carbons (Fsp3) is 0.571. The number of halogens is 1. The number of rotatable bonds is 9. The fourth-order valence-electron chi connectivity index (χ4n) is 5.69. The number of carbonyl (C=O) groups is 1. The Morgan fingerprint density at radius 3 is 3.08 bits per heavy atom. The van der Waals surface area contributed by atoms with E-state index in [9.17, 15) is 14.3 Å². The summed E-state index contributed by atoms with van der Waals surface area (Å²) in [5, 5.41) is 13.5. The molecule has 0 radical (unpaired) electrons. The van der Waals surface area contributed by atoms with Crippen molar-refractivity contribution in [2.75, 3.05) is 31.6 Å². The second-order valence-electron chi connectivity index (χ2n) is 10.3. The first-order chi connectivity index (χ1) is 17.5. The lowest BCUT2D eigenvalue weighted by Gasteiger charge is -2.30. The largest absolute Gasteiger partial charge is 0.480 e. The molecular formula is C28H36FN3O4. The van der Waals surface area contributed by atoms with Crippen LogP contribution in [0.2, 0.25) is 0 Å². The van der Waals surface area contributed by atoms with Crippen molar-refractivity contribution in [2.24, 2.45) is 0 Å². The van der Waals surface area contributed by atoms with Crippen LogP contribution in [0, 0.1) is 5.82 Å². The zero-order valence-corrected chi connectivity index (χ0v) is 21.0. The number of aryl methyl sites for hydroxylation is 2. The lowest BCUT2D eigenvalue weighted by atomic mass is 9.90. The Morgan fingerprint density at radius 2 is 2.22 bits per heavy atom. The van der Waals surface area contributed by atoms with Crippen molar-refractivity contribution in [3.63, 3.8) is 0 Å². The van der Waals surface area contributed by atoms with E-state index in [0.29, 0.717) is 38.3 Å². The number of fused-ring (bicyclic) bond motifs is 2. The van der Waals surface area contributed by atoms with Crippen LogP contribution in [0.15, 0.2) is 24.3 Å². The first kappa shape index (κ1) is 25.1. The molecule has 7 nitrogen and oxygen atoms in total. The Balaban J connectivity index is 1.13. The second-order valence-corrected chi connectivity index (χ2v) is 10.3. The van der Waals surface area contributed by atoms with Crippen molar-refractivity contribution in [3.8, 4) is 0 Å². The van der Waals surface area contributed by atoms with Crippen molar-refractivity contribution in [2.45, 2.75) is 76.7 Å². The summed E-state index contributed by atoms with van der Waals surface area (Å²) in [5.74, 6) is -0.324. The van der Waals surface area contributed by atoms with Gasteiger partial charge in [0.15, 0.2) is 0 Å². The number of hydrogen-bond donors (Lipinski definition) is 2. The lowest BCUT2D eigenvalue weighted by molar-refractivity contribution is -0.143. The Bertz CT molecular complexity index is 1090. The van der Waals surface area contributed by atoms with Gasteiger partial charge in [0.1, 0.15) is 17.7 Å². The van der Waals surface area contributed by atoms with E-state index in [0.717, 1.165) is 67.7 Å². The number of aliphatic carboxylic acids is 1. The molecule has 0 bridgehead atoms. The van der Waals surface area contributed by atoms with E-state index in [1.807, 2.05) is 11.8 Å². The van der Waals surface area contributed by atoms with Crippen molar-refractivity contribution in [1.82, 2.24) is 9.88 Å². The maximum absolute atomic E-state index is 14.4. The number of aromatic nitrogens is 1. The van der Waals surface area contributed by atoms with E-state index in [4.69, 9.17) is 14.5 Å². The SMILES string of the molecule is CC1Cc2c(cc(F)cc2C(C(=O)O)N2CCC(OCCCCc3ccc4c(n3)NCCC4)C2)CO1. The van der Waals surface area contributed by atoms with E-state index in [2.05, 4.69) is 17.4 Å². The van der Waals surface area contributed by atoms with E-state index in [1.165, 1.54) is 17.7 Å². The Morgan fingerprint density at radius 1 is 1.33 bits per heavy atom. The number of benzene rings is 1. The molecule has 1 aromatic carbocycles. The molecule has 1 fully saturated rings. The number of pyridine rings is 1. The molecule has 3 atom stereocenters. The Hall–Kier alpha value is -2.55. The third-order valence-corrected chi connectivity index (χ3v) is 7.56. The van der Waals surface area contributed by atoms with Crippen molar-refractivity contribution >= 4 is 11.8 Å². The normalized spacial score (nSPS) is 22.5. The van der Waals surface area contributed by atoms with Crippen LogP contribution in [-0.2, 0) is 40.1 Å². The zero-order valence-electron chi connectivity index (χ0n) is 21.0. The first-order valence-electron chi connectivity index (χ1n) is 13.2. The summed E-state index contributed by atoms with van der Waals surface area (Å²) in [6, 6.07) is 6.31. The molecule has 1 aromatic heterocycles. The van der Waals surface area contributed by atoms with E-state index < -0.39 is 17.8 Å². The number of hydrogen-bond acceptors (Lipinski definition) is 6. The maximum atomic E-state index is 14.4. The van der Waals surface area contributed by atoms with Gasteiger partial charge in [-0.1, -0.05) is 6.07 Å². The topological polar surface area (TPSA) is 83.9 Å². The van der Waals surface area contributed by atoms with Crippen LogP contribution in [-0.4, -0.2) is 59.4 Å². The van der Waals surface area contributed by atoms with Gasteiger partial charge in [-0.05, 0) is 92.3 Å². The summed E-state index contributed by atoms with van der Waals surface area (Å²) >= 11 is 0. The highest BCUT2D eigenvalue weighted by atomic mass is 19.1. The van der Waals surface area contributed by atoms with Crippen molar-refractivity contribution < 1.29 is 23.8 Å². The van der Waals surface area contributed by atoms with E-state index in [-0.39, 0.29) is 12.2 Å². The number of unbranched alkanes of at least 4 members (excludes halogenated alkanes) is 1. The average molecular weight is 498 g/mol. The molecular weight excluding hydrogens is 461 g/mol. The molecule has 0 saturated carbocycles.